The number of allylic oxidation sites excluding steroid dienone is 2. The molecule has 1 nitrogen and oxygen atoms in total. The van der Waals surface area contributed by atoms with Crippen molar-refractivity contribution >= 4 is 6.08 Å². The zero-order chi connectivity index (χ0) is 14.4. The van der Waals surface area contributed by atoms with E-state index in [0.29, 0.717) is 12.1 Å². The molecule has 0 saturated carbocycles. The van der Waals surface area contributed by atoms with Crippen molar-refractivity contribution < 1.29 is 0 Å². The van der Waals surface area contributed by atoms with Crippen LogP contribution in [0.1, 0.15) is 42.9 Å². The number of hydrogen-bond acceptors (Lipinski definition) is 1. The van der Waals surface area contributed by atoms with Gasteiger partial charge in [-0.2, -0.15) is 0 Å². The van der Waals surface area contributed by atoms with Crippen LogP contribution >= 0.6 is 0 Å². The standard InChI is InChI=1S/C18H25N/c1-6-7-14(3)18(11-16(5)19)12-17-10-13(2)8-9-15(17)4/h8-10,12H,3,5-7,11,19H2,1-2,4H3/b18-12+. The summed E-state index contributed by atoms with van der Waals surface area (Å²) in [5.74, 6) is 0. The van der Waals surface area contributed by atoms with E-state index in [1.165, 1.54) is 22.3 Å². The van der Waals surface area contributed by atoms with E-state index < -0.39 is 0 Å². The van der Waals surface area contributed by atoms with Crippen molar-refractivity contribution in [2.75, 3.05) is 0 Å². The van der Waals surface area contributed by atoms with Gasteiger partial charge >= 0.3 is 0 Å². The highest BCUT2D eigenvalue weighted by molar-refractivity contribution is 5.62. The molecule has 0 aliphatic rings. The average molecular weight is 255 g/mol. The van der Waals surface area contributed by atoms with Crippen LogP contribution in [0, 0.1) is 13.8 Å². The number of hydrogen-bond donors (Lipinski definition) is 1. The molecular formula is C18H25N. The molecule has 0 heterocycles. The summed E-state index contributed by atoms with van der Waals surface area (Å²) in [7, 11) is 0. The summed E-state index contributed by atoms with van der Waals surface area (Å²) in [6, 6.07) is 6.49. The Kier molecular flexibility index (Phi) is 5.62. The van der Waals surface area contributed by atoms with E-state index in [1.807, 2.05) is 0 Å². The predicted molar refractivity (Wildman–Crippen MR) is 85.9 cm³/mol. The molecule has 0 aromatic heterocycles. The van der Waals surface area contributed by atoms with E-state index in [1.54, 1.807) is 0 Å². The Hall–Kier alpha value is -1.76. The van der Waals surface area contributed by atoms with Crippen LogP contribution in [0.15, 0.2) is 48.2 Å². The molecule has 0 atom stereocenters. The van der Waals surface area contributed by atoms with Gasteiger partial charge in [-0.05, 0) is 37.0 Å². The predicted octanol–water partition coefficient (Wildman–Crippen LogP) is 4.91. The van der Waals surface area contributed by atoms with Gasteiger partial charge in [-0.15, -0.1) is 0 Å². The lowest BCUT2D eigenvalue weighted by Gasteiger charge is -2.12. The Bertz CT molecular complexity index is 506. The maximum Gasteiger partial charge on any atom is 0.0117 e. The molecule has 0 radical (unpaired) electrons. The number of benzene rings is 1. The summed E-state index contributed by atoms with van der Waals surface area (Å²) in [6.07, 6.45) is 5.01. The van der Waals surface area contributed by atoms with E-state index in [2.05, 4.69) is 58.2 Å². The van der Waals surface area contributed by atoms with Gasteiger partial charge in [0.1, 0.15) is 0 Å². The highest BCUT2D eigenvalue weighted by atomic mass is 14.6. The van der Waals surface area contributed by atoms with Crippen molar-refractivity contribution in [1.29, 1.82) is 0 Å². The Morgan fingerprint density at radius 2 is 1.95 bits per heavy atom. The molecule has 0 saturated heterocycles. The molecule has 1 aromatic carbocycles. The molecule has 1 aromatic rings. The third kappa shape index (κ3) is 4.78. The first kappa shape index (κ1) is 15.3. The van der Waals surface area contributed by atoms with Gasteiger partial charge in [-0.25, -0.2) is 0 Å². The quantitative estimate of drug-likeness (QED) is 0.718. The van der Waals surface area contributed by atoms with Gasteiger partial charge in [-0.1, -0.05) is 61.9 Å². The first-order chi connectivity index (χ1) is 8.93. The fourth-order valence-electron chi connectivity index (χ4n) is 2.09. The van der Waals surface area contributed by atoms with Crippen LogP contribution in [-0.2, 0) is 0 Å². The zero-order valence-corrected chi connectivity index (χ0v) is 12.4. The molecule has 0 aliphatic carbocycles. The Balaban J connectivity index is 3.14. The van der Waals surface area contributed by atoms with Gasteiger partial charge in [-0.3, -0.25) is 0 Å². The van der Waals surface area contributed by atoms with Gasteiger partial charge in [0, 0.05) is 12.1 Å². The molecule has 0 spiro atoms. The van der Waals surface area contributed by atoms with Crippen molar-refractivity contribution in [2.24, 2.45) is 5.73 Å². The molecule has 0 bridgehead atoms. The summed E-state index contributed by atoms with van der Waals surface area (Å²) >= 11 is 0. The second kappa shape index (κ2) is 6.98. The van der Waals surface area contributed by atoms with Gasteiger partial charge in [0.2, 0.25) is 0 Å². The lowest BCUT2D eigenvalue weighted by atomic mass is 9.95. The van der Waals surface area contributed by atoms with Gasteiger partial charge < -0.3 is 5.73 Å². The Morgan fingerprint density at radius 3 is 2.53 bits per heavy atom. The SMILES string of the molecule is C=C(N)C/C(=C\c1cc(C)ccc1C)C(=C)CCC. The topological polar surface area (TPSA) is 26.0 Å². The largest absolute Gasteiger partial charge is 0.402 e. The lowest BCUT2D eigenvalue weighted by molar-refractivity contribution is 0.902. The summed E-state index contributed by atoms with van der Waals surface area (Å²) in [6.45, 7) is 14.4. The minimum atomic E-state index is 0.689. The summed E-state index contributed by atoms with van der Waals surface area (Å²) in [4.78, 5) is 0. The fraction of sp³-hybridized carbons (Fsp3) is 0.333. The second-order valence-corrected chi connectivity index (χ2v) is 5.22. The molecule has 2 N–H and O–H groups in total. The Labute approximate surface area is 117 Å². The van der Waals surface area contributed by atoms with Gasteiger partial charge in [0.15, 0.2) is 0 Å². The Morgan fingerprint density at radius 1 is 1.26 bits per heavy atom. The van der Waals surface area contributed by atoms with Crippen molar-refractivity contribution in [3.8, 4) is 0 Å². The van der Waals surface area contributed by atoms with E-state index in [4.69, 9.17) is 5.73 Å². The second-order valence-electron chi connectivity index (χ2n) is 5.22. The molecule has 0 aliphatic heterocycles. The van der Waals surface area contributed by atoms with Crippen LogP contribution in [0.3, 0.4) is 0 Å². The maximum absolute atomic E-state index is 5.77. The molecule has 102 valence electrons. The van der Waals surface area contributed by atoms with E-state index in [-0.39, 0.29) is 0 Å². The highest BCUT2D eigenvalue weighted by Gasteiger charge is 2.05. The van der Waals surface area contributed by atoms with Crippen LogP contribution < -0.4 is 5.73 Å². The first-order valence-electron chi connectivity index (χ1n) is 6.83. The van der Waals surface area contributed by atoms with E-state index in [0.717, 1.165) is 18.4 Å². The maximum atomic E-state index is 5.77. The summed E-state index contributed by atoms with van der Waals surface area (Å²) in [5, 5.41) is 0. The van der Waals surface area contributed by atoms with Crippen molar-refractivity contribution in [3.63, 3.8) is 0 Å². The number of rotatable bonds is 6. The molecule has 0 amide bonds. The normalized spacial score (nSPS) is 11.4. The molecule has 0 fully saturated rings. The average Bonchev–Trinajstić information content (AvgIpc) is 2.32. The monoisotopic (exact) mass is 255 g/mol. The van der Waals surface area contributed by atoms with Crippen LogP contribution in [0.2, 0.25) is 0 Å². The fourth-order valence-corrected chi connectivity index (χ4v) is 2.09. The van der Waals surface area contributed by atoms with Crippen LogP contribution in [0.4, 0.5) is 0 Å². The minimum absolute atomic E-state index is 0.689. The molecule has 1 rings (SSSR count). The first-order valence-corrected chi connectivity index (χ1v) is 6.83. The molecule has 1 heteroatoms. The van der Waals surface area contributed by atoms with Crippen molar-refractivity contribution in [2.45, 2.75) is 40.0 Å². The van der Waals surface area contributed by atoms with Crippen molar-refractivity contribution in [3.05, 3.63) is 64.9 Å². The highest BCUT2D eigenvalue weighted by Crippen LogP contribution is 2.24. The molecule has 19 heavy (non-hydrogen) atoms. The van der Waals surface area contributed by atoms with Gasteiger partial charge in [0.05, 0.1) is 0 Å². The molecule has 0 unspecified atom stereocenters. The zero-order valence-electron chi connectivity index (χ0n) is 12.4. The third-order valence-corrected chi connectivity index (χ3v) is 3.19. The van der Waals surface area contributed by atoms with Crippen LogP contribution in [0.25, 0.3) is 6.08 Å². The third-order valence-electron chi connectivity index (χ3n) is 3.19. The number of nitrogens with two attached hydrogens (primary N) is 1. The minimum Gasteiger partial charge on any atom is -0.402 e. The lowest BCUT2D eigenvalue weighted by Crippen LogP contribution is -1.99. The van der Waals surface area contributed by atoms with E-state index >= 15 is 0 Å². The number of aryl methyl sites for hydroxylation is 2. The van der Waals surface area contributed by atoms with Crippen LogP contribution in [0.5, 0.6) is 0 Å². The summed E-state index contributed by atoms with van der Waals surface area (Å²) < 4.78 is 0. The van der Waals surface area contributed by atoms with Crippen molar-refractivity contribution in [1.82, 2.24) is 0 Å². The molecular weight excluding hydrogens is 230 g/mol. The summed E-state index contributed by atoms with van der Waals surface area (Å²) in [5.41, 5.74) is 12.6. The smallest absolute Gasteiger partial charge is 0.0117 e. The van der Waals surface area contributed by atoms with Crippen LogP contribution in [-0.4, -0.2) is 0 Å². The van der Waals surface area contributed by atoms with Gasteiger partial charge in [0.25, 0.3) is 0 Å². The van der Waals surface area contributed by atoms with E-state index in [9.17, 15) is 0 Å².